The van der Waals surface area contributed by atoms with E-state index < -0.39 is 62.8 Å². The zero-order valence-electron chi connectivity index (χ0n) is 22.2. The molecule has 1 fully saturated rings. The standard InChI is InChI=1S/C24H22F9N5O3S/c1-10-6-5-7-38(10)18(39)14-15(42-17(35-14)16-36-19(41-37-16)20(2,3)40)11-9-34-13(8-12(11)22(25,26)27)21(4,23(28,29)30)24(31,32)33/h8-10,40H,5-7H2,1-4H3/t10-/m0/s1. The first-order valence-corrected chi connectivity index (χ1v) is 13.0. The molecule has 4 rings (SSSR count). The summed E-state index contributed by atoms with van der Waals surface area (Å²) in [5, 5.41) is 13.5. The van der Waals surface area contributed by atoms with Gasteiger partial charge in [-0.05, 0) is 46.6 Å². The van der Waals surface area contributed by atoms with Crippen molar-refractivity contribution in [3.05, 3.63) is 35.1 Å². The molecule has 1 aliphatic rings. The third-order valence-corrected chi connectivity index (χ3v) is 7.97. The van der Waals surface area contributed by atoms with Gasteiger partial charge in [-0.25, -0.2) is 4.98 Å². The van der Waals surface area contributed by atoms with Crippen molar-refractivity contribution in [3.63, 3.8) is 0 Å². The maximum atomic E-state index is 14.3. The normalized spacial score (nSPS) is 17.3. The van der Waals surface area contributed by atoms with Crippen molar-refractivity contribution in [2.24, 2.45) is 0 Å². The number of carbonyl (C=O) groups excluding carboxylic acids is 1. The number of amides is 1. The van der Waals surface area contributed by atoms with Crippen LogP contribution in [0, 0.1) is 0 Å². The maximum Gasteiger partial charge on any atom is 0.417 e. The molecule has 0 bridgehead atoms. The molecule has 0 saturated carbocycles. The molecule has 1 N–H and O–H groups in total. The maximum absolute atomic E-state index is 14.3. The van der Waals surface area contributed by atoms with Crippen LogP contribution in [-0.4, -0.2) is 61.0 Å². The van der Waals surface area contributed by atoms with Crippen molar-refractivity contribution < 1.29 is 53.9 Å². The molecule has 1 saturated heterocycles. The first-order valence-electron chi connectivity index (χ1n) is 12.2. The van der Waals surface area contributed by atoms with E-state index in [1.807, 2.05) is 0 Å². The van der Waals surface area contributed by atoms with Gasteiger partial charge in [0.2, 0.25) is 5.82 Å². The van der Waals surface area contributed by atoms with E-state index in [0.717, 1.165) is 0 Å². The van der Waals surface area contributed by atoms with Gasteiger partial charge in [0.25, 0.3) is 11.8 Å². The summed E-state index contributed by atoms with van der Waals surface area (Å²) in [6, 6.07) is -0.646. The van der Waals surface area contributed by atoms with Crippen molar-refractivity contribution >= 4 is 17.2 Å². The number of pyridine rings is 1. The van der Waals surface area contributed by atoms with Gasteiger partial charge in [0.15, 0.2) is 10.4 Å². The fourth-order valence-corrected chi connectivity index (χ4v) is 5.28. The highest BCUT2D eigenvalue weighted by molar-refractivity contribution is 7.18. The smallest absolute Gasteiger partial charge is 0.381 e. The Hall–Kier alpha value is -3.28. The van der Waals surface area contributed by atoms with Gasteiger partial charge in [-0.3, -0.25) is 9.78 Å². The number of hydrogen-bond donors (Lipinski definition) is 1. The van der Waals surface area contributed by atoms with Crippen LogP contribution < -0.4 is 0 Å². The number of aromatic nitrogens is 4. The number of likely N-dealkylation sites (tertiary alicyclic amines) is 1. The first-order chi connectivity index (χ1) is 19.1. The molecular formula is C24H22F9N5O3S. The van der Waals surface area contributed by atoms with Gasteiger partial charge in [0, 0.05) is 24.3 Å². The van der Waals surface area contributed by atoms with Crippen molar-refractivity contribution in [2.75, 3.05) is 6.54 Å². The minimum atomic E-state index is -6.05. The minimum Gasteiger partial charge on any atom is -0.381 e. The second-order valence-corrected chi connectivity index (χ2v) is 11.4. The molecule has 0 spiro atoms. The van der Waals surface area contributed by atoms with Gasteiger partial charge in [-0.1, -0.05) is 5.16 Å². The number of aliphatic hydroxyl groups is 1. The van der Waals surface area contributed by atoms with Gasteiger partial charge in [-0.2, -0.15) is 44.5 Å². The molecular weight excluding hydrogens is 609 g/mol. The summed E-state index contributed by atoms with van der Waals surface area (Å²) < 4.78 is 130. The summed E-state index contributed by atoms with van der Waals surface area (Å²) in [5.41, 5.74) is -11.7. The molecule has 4 heterocycles. The van der Waals surface area contributed by atoms with Crippen LogP contribution in [0.4, 0.5) is 39.5 Å². The molecule has 42 heavy (non-hydrogen) atoms. The van der Waals surface area contributed by atoms with E-state index >= 15 is 0 Å². The van der Waals surface area contributed by atoms with Crippen LogP contribution in [0.15, 0.2) is 16.8 Å². The Morgan fingerprint density at radius 1 is 1.05 bits per heavy atom. The molecule has 3 aromatic rings. The summed E-state index contributed by atoms with van der Waals surface area (Å²) >= 11 is 0.423. The van der Waals surface area contributed by atoms with Crippen LogP contribution in [0.1, 0.15) is 68.2 Å². The largest absolute Gasteiger partial charge is 0.417 e. The monoisotopic (exact) mass is 631 g/mol. The predicted molar refractivity (Wildman–Crippen MR) is 128 cm³/mol. The molecule has 0 unspecified atom stereocenters. The molecule has 3 aromatic heterocycles. The first kappa shape index (κ1) is 31.7. The van der Waals surface area contributed by atoms with E-state index in [1.54, 1.807) is 6.92 Å². The van der Waals surface area contributed by atoms with Gasteiger partial charge in [0.05, 0.1) is 16.1 Å². The Kier molecular flexibility index (Phi) is 7.66. The van der Waals surface area contributed by atoms with E-state index in [1.165, 1.54) is 18.7 Å². The average molecular weight is 632 g/mol. The van der Waals surface area contributed by atoms with Crippen LogP contribution in [0.2, 0.25) is 0 Å². The van der Waals surface area contributed by atoms with E-state index in [2.05, 4.69) is 20.1 Å². The zero-order valence-corrected chi connectivity index (χ0v) is 23.0. The number of halogens is 9. The summed E-state index contributed by atoms with van der Waals surface area (Å²) in [6.07, 6.45) is -16.2. The van der Waals surface area contributed by atoms with Crippen molar-refractivity contribution in [3.8, 4) is 21.3 Å². The lowest BCUT2D eigenvalue weighted by Crippen LogP contribution is -2.52. The quantitative estimate of drug-likeness (QED) is 0.320. The van der Waals surface area contributed by atoms with Crippen LogP contribution >= 0.6 is 11.3 Å². The lowest BCUT2D eigenvalue weighted by molar-refractivity contribution is -0.298. The van der Waals surface area contributed by atoms with E-state index in [-0.39, 0.29) is 48.5 Å². The van der Waals surface area contributed by atoms with Crippen LogP contribution in [-0.2, 0) is 17.2 Å². The molecule has 0 aliphatic carbocycles. The Balaban J connectivity index is 1.97. The molecule has 1 atom stereocenters. The molecule has 1 amide bonds. The van der Waals surface area contributed by atoms with E-state index in [4.69, 9.17) is 4.52 Å². The second kappa shape index (κ2) is 10.2. The highest BCUT2D eigenvalue weighted by atomic mass is 32.1. The summed E-state index contributed by atoms with van der Waals surface area (Å²) in [6.45, 7) is 4.23. The van der Waals surface area contributed by atoms with Crippen molar-refractivity contribution in [1.29, 1.82) is 0 Å². The number of nitrogens with zero attached hydrogens (tertiary/aromatic N) is 5. The molecule has 230 valence electrons. The SMILES string of the molecule is C[C@H]1CCCN1C(=O)c1nc(-c2noc(C(C)(C)O)n2)sc1-c1cnc(C(C)(C(F)(F)F)C(F)(F)F)cc1C(F)(F)F. The average Bonchev–Trinajstić information content (AvgIpc) is 3.59. The number of thiazole rings is 1. The molecule has 18 heteroatoms. The third-order valence-electron chi connectivity index (χ3n) is 6.88. The highest BCUT2D eigenvalue weighted by Gasteiger charge is 2.69. The summed E-state index contributed by atoms with van der Waals surface area (Å²) in [7, 11) is 0. The minimum absolute atomic E-state index is 0.216. The second-order valence-electron chi connectivity index (χ2n) is 10.4. The lowest BCUT2D eigenvalue weighted by Gasteiger charge is -2.33. The Morgan fingerprint density at radius 2 is 1.67 bits per heavy atom. The van der Waals surface area contributed by atoms with Crippen LogP contribution in [0.3, 0.4) is 0 Å². The van der Waals surface area contributed by atoms with Gasteiger partial charge in [0.1, 0.15) is 11.3 Å². The molecule has 8 nitrogen and oxygen atoms in total. The molecule has 0 aromatic carbocycles. The van der Waals surface area contributed by atoms with Crippen LogP contribution in [0.25, 0.3) is 21.3 Å². The Bertz CT molecular complexity index is 1470. The summed E-state index contributed by atoms with van der Waals surface area (Å²) in [5.74, 6) is -1.45. The number of carbonyl (C=O) groups is 1. The van der Waals surface area contributed by atoms with E-state index in [0.29, 0.717) is 24.2 Å². The number of alkyl halides is 9. The third kappa shape index (κ3) is 5.45. The fraction of sp³-hybridized carbons (Fsp3) is 0.542. The lowest BCUT2D eigenvalue weighted by atomic mass is 9.83. The highest BCUT2D eigenvalue weighted by Crippen LogP contribution is 2.53. The van der Waals surface area contributed by atoms with Gasteiger partial charge < -0.3 is 14.5 Å². The number of rotatable bonds is 5. The van der Waals surface area contributed by atoms with Crippen molar-refractivity contribution in [2.45, 2.75) is 76.1 Å². The predicted octanol–water partition coefficient (Wildman–Crippen LogP) is 6.51. The van der Waals surface area contributed by atoms with Crippen LogP contribution in [0.5, 0.6) is 0 Å². The van der Waals surface area contributed by atoms with Gasteiger partial charge in [-0.15, -0.1) is 11.3 Å². The zero-order chi connectivity index (χ0) is 31.6. The van der Waals surface area contributed by atoms with Crippen molar-refractivity contribution in [1.82, 2.24) is 25.0 Å². The Labute approximate surface area is 235 Å². The molecule has 0 radical (unpaired) electrons. The Morgan fingerprint density at radius 3 is 2.14 bits per heavy atom. The van der Waals surface area contributed by atoms with Gasteiger partial charge >= 0.3 is 18.5 Å². The summed E-state index contributed by atoms with van der Waals surface area (Å²) in [4.78, 5) is 25.5. The number of hydrogen-bond acceptors (Lipinski definition) is 8. The molecule has 1 aliphatic heterocycles. The van der Waals surface area contributed by atoms with E-state index in [9.17, 15) is 49.4 Å². The fourth-order valence-electron chi connectivity index (χ4n) is 4.27. The topological polar surface area (TPSA) is 105 Å².